The maximum absolute atomic E-state index is 11.8. The Kier molecular flexibility index (Phi) is 42.2. The summed E-state index contributed by atoms with van der Waals surface area (Å²) >= 11 is 0. The first kappa shape index (κ1) is 47.5. The van der Waals surface area contributed by atoms with Crippen molar-refractivity contribution in [1.82, 2.24) is 0 Å². The van der Waals surface area contributed by atoms with Gasteiger partial charge in [0, 0.05) is 0 Å². The first-order chi connectivity index (χ1) is 23.7. The van der Waals surface area contributed by atoms with E-state index in [1.165, 1.54) is 244 Å². The van der Waals surface area contributed by atoms with Crippen LogP contribution in [0.3, 0.4) is 0 Å². The molecule has 0 aliphatic carbocycles. The zero-order valence-electron chi connectivity index (χ0n) is 33.6. The number of hydrogen-bond donors (Lipinski definition) is 1. The van der Waals surface area contributed by atoms with Gasteiger partial charge in [0.25, 0.3) is 0 Å². The summed E-state index contributed by atoms with van der Waals surface area (Å²) in [5.74, 6) is -0.651. The summed E-state index contributed by atoms with van der Waals surface area (Å²) < 4.78 is 0. The average Bonchev–Trinajstić information content (AvgIpc) is 3.08. The molecular formula is C46H92O2. The molecule has 2 nitrogen and oxygen atoms in total. The van der Waals surface area contributed by atoms with Crippen LogP contribution >= 0.6 is 0 Å². The van der Waals surface area contributed by atoms with E-state index in [1.807, 2.05) is 0 Å². The largest absolute Gasteiger partial charge is 0.481 e. The maximum atomic E-state index is 11.8. The molecule has 0 fully saturated rings. The quantitative estimate of drug-likeness (QED) is 0.0653. The fourth-order valence-corrected chi connectivity index (χ4v) is 7.68. The topological polar surface area (TPSA) is 37.3 Å². The Morgan fingerprint density at radius 2 is 0.438 bits per heavy atom. The van der Waals surface area contributed by atoms with Crippen molar-refractivity contribution in [3.63, 3.8) is 0 Å². The number of unbranched alkanes of at least 4 members (excludes halogenated alkanes) is 38. The summed E-state index contributed by atoms with van der Waals surface area (Å²) in [4.78, 5) is 11.8. The van der Waals surface area contributed by atoms with E-state index in [0.29, 0.717) is 0 Å². The molecule has 288 valence electrons. The molecule has 0 aliphatic rings. The van der Waals surface area contributed by atoms with Crippen molar-refractivity contribution < 1.29 is 9.90 Å². The SMILES string of the molecule is CCCCCCCCCCCCCCCCCCCCCCCC(CCCCCCCCCCCCCCCCCCCCC)C(=O)O. The molecule has 0 aromatic rings. The fraction of sp³-hybridized carbons (Fsp3) is 0.978. The van der Waals surface area contributed by atoms with Crippen LogP contribution in [0.4, 0.5) is 0 Å². The maximum Gasteiger partial charge on any atom is 0.306 e. The first-order valence-electron chi connectivity index (χ1n) is 22.9. The second kappa shape index (κ2) is 42.6. The molecule has 0 radical (unpaired) electrons. The molecule has 0 saturated heterocycles. The third-order valence-electron chi connectivity index (χ3n) is 11.2. The predicted octanol–water partition coefficient (Wildman–Crippen LogP) is 17.1. The molecule has 0 heterocycles. The first-order valence-corrected chi connectivity index (χ1v) is 22.9. The van der Waals surface area contributed by atoms with Crippen LogP contribution in [0.1, 0.15) is 284 Å². The van der Waals surface area contributed by atoms with E-state index in [9.17, 15) is 9.90 Å². The van der Waals surface area contributed by atoms with Crippen molar-refractivity contribution in [2.45, 2.75) is 284 Å². The summed E-state index contributed by atoms with van der Waals surface area (Å²) in [5.41, 5.74) is 0. The second-order valence-corrected chi connectivity index (χ2v) is 16.0. The molecular weight excluding hydrogens is 585 g/mol. The van der Waals surface area contributed by atoms with E-state index in [2.05, 4.69) is 13.8 Å². The van der Waals surface area contributed by atoms with Crippen molar-refractivity contribution in [2.24, 2.45) is 5.92 Å². The molecule has 0 spiro atoms. The van der Waals surface area contributed by atoms with Crippen LogP contribution in [0.25, 0.3) is 0 Å². The Labute approximate surface area is 304 Å². The molecule has 48 heavy (non-hydrogen) atoms. The molecule has 0 aromatic carbocycles. The highest BCUT2D eigenvalue weighted by Gasteiger charge is 2.16. The molecule has 0 amide bonds. The van der Waals surface area contributed by atoms with Crippen molar-refractivity contribution in [1.29, 1.82) is 0 Å². The molecule has 0 bridgehead atoms. The minimum absolute atomic E-state index is 0.101. The van der Waals surface area contributed by atoms with Gasteiger partial charge in [0.05, 0.1) is 5.92 Å². The van der Waals surface area contributed by atoms with Gasteiger partial charge in [0.2, 0.25) is 0 Å². The Balaban J connectivity index is 3.34. The van der Waals surface area contributed by atoms with Crippen LogP contribution in [-0.2, 0) is 4.79 Å². The van der Waals surface area contributed by atoms with Gasteiger partial charge in [0.1, 0.15) is 0 Å². The highest BCUT2D eigenvalue weighted by Crippen LogP contribution is 2.21. The number of hydrogen-bond acceptors (Lipinski definition) is 1. The van der Waals surface area contributed by atoms with Crippen LogP contribution in [0.5, 0.6) is 0 Å². The summed E-state index contributed by atoms with van der Waals surface area (Å²) in [6.45, 7) is 4.60. The average molecular weight is 677 g/mol. The Morgan fingerprint density at radius 1 is 0.292 bits per heavy atom. The molecule has 1 atom stereocenters. The lowest BCUT2D eigenvalue weighted by Gasteiger charge is -2.12. The lowest BCUT2D eigenvalue weighted by molar-refractivity contribution is -0.142. The van der Waals surface area contributed by atoms with Crippen molar-refractivity contribution in [2.75, 3.05) is 0 Å². The van der Waals surface area contributed by atoms with Gasteiger partial charge in [-0.05, 0) is 12.8 Å². The second-order valence-electron chi connectivity index (χ2n) is 16.0. The summed E-state index contributed by atoms with van der Waals surface area (Å²) in [6.07, 6.45) is 57.6. The number of aliphatic carboxylic acids is 1. The molecule has 1 N–H and O–H groups in total. The highest BCUT2D eigenvalue weighted by molar-refractivity contribution is 5.69. The molecule has 0 aliphatic heterocycles. The van der Waals surface area contributed by atoms with E-state index in [1.54, 1.807) is 0 Å². The summed E-state index contributed by atoms with van der Waals surface area (Å²) in [7, 11) is 0. The Hall–Kier alpha value is -0.530. The van der Waals surface area contributed by atoms with Gasteiger partial charge in [-0.1, -0.05) is 271 Å². The van der Waals surface area contributed by atoms with Crippen LogP contribution in [-0.4, -0.2) is 11.1 Å². The molecule has 0 rings (SSSR count). The van der Waals surface area contributed by atoms with Gasteiger partial charge in [-0.25, -0.2) is 0 Å². The van der Waals surface area contributed by atoms with Gasteiger partial charge >= 0.3 is 5.97 Å². The predicted molar refractivity (Wildman–Crippen MR) is 216 cm³/mol. The molecule has 0 saturated carbocycles. The smallest absolute Gasteiger partial charge is 0.306 e. The molecule has 0 aromatic heterocycles. The third-order valence-corrected chi connectivity index (χ3v) is 11.2. The van der Waals surface area contributed by atoms with E-state index < -0.39 is 5.97 Å². The van der Waals surface area contributed by atoms with Gasteiger partial charge in [-0.3, -0.25) is 4.79 Å². The fourth-order valence-electron chi connectivity index (χ4n) is 7.68. The molecule has 2 heteroatoms. The standard InChI is InChI=1S/C46H92O2/c1-3-5-7-9-11-13-15-17-19-21-23-24-26-28-30-32-34-36-38-40-42-44-45(46(47)48)43-41-39-37-35-33-31-29-27-25-22-20-18-16-14-12-10-8-6-4-2/h45H,3-44H2,1-2H3,(H,47,48). The summed E-state index contributed by atoms with van der Waals surface area (Å²) in [5, 5.41) is 9.69. The van der Waals surface area contributed by atoms with E-state index in [-0.39, 0.29) is 5.92 Å². The van der Waals surface area contributed by atoms with E-state index >= 15 is 0 Å². The highest BCUT2D eigenvalue weighted by atomic mass is 16.4. The van der Waals surface area contributed by atoms with Crippen molar-refractivity contribution in [3.05, 3.63) is 0 Å². The van der Waals surface area contributed by atoms with Crippen LogP contribution in [0.2, 0.25) is 0 Å². The lowest BCUT2D eigenvalue weighted by Crippen LogP contribution is -2.13. The van der Waals surface area contributed by atoms with Gasteiger partial charge < -0.3 is 5.11 Å². The van der Waals surface area contributed by atoms with Crippen LogP contribution in [0.15, 0.2) is 0 Å². The van der Waals surface area contributed by atoms with Gasteiger partial charge in [-0.15, -0.1) is 0 Å². The zero-order valence-corrected chi connectivity index (χ0v) is 33.6. The Morgan fingerprint density at radius 3 is 0.583 bits per heavy atom. The lowest BCUT2D eigenvalue weighted by atomic mass is 9.94. The van der Waals surface area contributed by atoms with Crippen molar-refractivity contribution >= 4 is 5.97 Å². The van der Waals surface area contributed by atoms with Gasteiger partial charge in [0.15, 0.2) is 0 Å². The normalized spacial score (nSPS) is 12.2. The Bertz CT molecular complexity index is 587. The minimum Gasteiger partial charge on any atom is -0.481 e. The number of rotatable bonds is 43. The van der Waals surface area contributed by atoms with E-state index in [4.69, 9.17) is 0 Å². The number of carboxylic acid groups (broad SMARTS) is 1. The molecule has 1 unspecified atom stereocenters. The number of carbonyl (C=O) groups is 1. The summed E-state index contributed by atoms with van der Waals surface area (Å²) in [6, 6.07) is 0. The monoisotopic (exact) mass is 677 g/mol. The minimum atomic E-state index is -0.550. The van der Waals surface area contributed by atoms with Crippen molar-refractivity contribution in [3.8, 4) is 0 Å². The number of carboxylic acids is 1. The van der Waals surface area contributed by atoms with Gasteiger partial charge in [-0.2, -0.15) is 0 Å². The van der Waals surface area contributed by atoms with E-state index in [0.717, 1.165) is 25.7 Å². The van der Waals surface area contributed by atoms with Crippen LogP contribution < -0.4 is 0 Å². The zero-order chi connectivity index (χ0) is 34.9. The third kappa shape index (κ3) is 39.9. The van der Waals surface area contributed by atoms with Crippen LogP contribution in [0, 0.1) is 5.92 Å².